The van der Waals surface area contributed by atoms with E-state index in [2.05, 4.69) is 5.32 Å². The van der Waals surface area contributed by atoms with Gasteiger partial charge in [-0.3, -0.25) is 0 Å². The van der Waals surface area contributed by atoms with Gasteiger partial charge >= 0.3 is 0 Å². The molecule has 0 bridgehead atoms. The zero-order valence-electron chi connectivity index (χ0n) is 7.91. The van der Waals surface area contributed by atoms with Crippen LogP contribution in [0.1, 0.15) is 0 Å². The van der Waals surface area contributed by atoms with Gasteiger partial charge in [0.05, 0.1) is 31.0 Å². The number of hydrogen-bond donors (Lipinski definition) is 2. The van der Waals surface area contributed by atoms with Crippen molar-refractivity contribution >= 4 is 17.3 Å². The molecule has 82 valence electrons. The zero-order chi connectivity index (χ0) is 10.8. The molecule has 0 spiro atoms. The van der Waals surface area contributed by atoms with E-state index in [-0.39, 0.29) is 12.6 Å². The molecule has 1 aromatic carbocycles. The van der Waals surface area contributed by atoms with Crippen molar-refractivity contribution in [2.75, 3.05) is 18.5 Å². The number of aliphatic hydroxyl groups is 1. The molecular formula is C10H11ClFNO2. The van der Waals surface area contributed by atoms with E-state index in [1.54, 1.807) is 12.1 Å². The number of anilines is 1. The Morgan fingerprint density at radius 3 is 2.87 bits per heavy atom. The van der Waals surface area contributed by atoms with Crippen molar-refractivity contribution in [3.8, 4) is 0 Å². The molecule has 5 heteroatoms. The van der Waals surface area contributed by atoms with E-state index in [9.17, 15) is 9.50 Å². The van der Waals surface area contributed by atoms with Crippen molar-refractivity contribution in [2.24, 2.45) is 0 Å². The Labute approximate surface area is 91.8 Å². The van der Waals surface area contributed by atoms with E-state index in [0.29, 0.717) is 17.3 Å². The first kappa shape index (κ1) is 10.7. The zero-order valence-corrected chi connectivity index (χ0v) is 8.67. The van der Waals surface area contributed by atoms with Crippen LogP contribution in [0.2, 0.25) is 5.02 Å². The summed E-state index contributed by atoms with van der Waals surface area (Å²) in [6.45, 7) is 0.663. The summed E-state index contributed by atoms with van der Waals surface area (Å²) >= 11 is 5.62. The molecule has 0 aromatic heterocycles. The average molecular weight is 232 g/mol. The summed E-state index contributed by atoms with van der Waals surface area (Å²) in [5, 5.41) is 12.7. The standard InChI is InChI=1S/C10H11ClFNO2/c11-6-1-2-8(7(12)3-6)13-9-4-15-5-10(9)14/h1-3,9-10,13-14H,4-5H2. The Hall–Kier alpha value is -0.840. The van der Waals surface area contributed by atoms with Gasteiger partial charge in [-0.1, -0.05) is 11.6 Å². The minimum absolute atomic E-state index is 0.263. The van der Waals surface area contributed by atoms with E-state index >= 15 is 0 Å². The first-order valence-corrected chi connectivity index (χ1v) is 5.02. The Bertz CT molecular complexity index is 361. The summed E-state index contributed by atoms with van der Waals surface area (Å²) in [4.78, 5) is 0. The predicted octanol–water partition coefficient (Wildman–Crippen LogP) is 1.65. The fourth-order valence-corrected chi connectivity index (χ4v) is 1.65. The predicted molar refractivity (Wildman–Crippen MR) is 55.6 cm³/mol. The summed E-state index contributed by atoms with van der Waals surface area (Å²) in [5.41, 5.74) is 0.328. The van der Waals surface area contributed by atoms with E-state index in [1.165, 1.54) is 6.07 Å². The maximum Gasteiger partial charge on any atom is 0.147 e. The number of nitrogens with one attached hydrogen (secondary N) is 1. The first-order chi connectivity index (χ1) is 7.16. The van der Waals surface area contributed by atoms with Gasteiger partial charge in [0.2, 0.25) is 0 Å². The van der Waals surface area contributed by atoms with Crippen LogP contribution >= 0.6 is 11.6 Å². The van der Waals surface area contributed by atoms with Gasteiger partial charge in [0.25, 0.3) is 0 Å². The second-order valence-corrected chi connectivity index (χ2v) is 3.92. The topological polar surface area (TPSA) is 41.5 Å². The average Bonchev–Trinajstić information content (AvgIpc) is 2.57. The van der Waals surface area contributed by atoms with Gasteiger partial charge < -0.3 is 15.2 Å². The SMILES string of the molecule is OC1COCC1Nc1ccc(Cl)cc1F. The van der Waals surface area contributed by atoms with Crippen LogP contribution in [0.3, 0.4) is 0 Å². The lowest BCUT2D eigenvalue weighted by molar-refractivity contribution is 0.125. The third-order valence-electron chi connectivity index (χ3n) is 2.32. The van der Waals surface area contributed by atoms with Gasteiger partial charge in [-0.2, -0.15) is 0 Å². The third-order valence-corrected chi connectivity index (χ3v) is 2.56. The minimum Gasteiger partial charge on any atom is -0.388 e. The molecule has 0 aliphatic carbocycles. The summed E-state index contributed by atoms with van der Waals surface area (Å²) in [6, 6.07) is 4.10. The van der Waals surface area contributed by atoms with Crippen molar-refractivity contribution in [3.05, 3.63) is 29.0 Å². The summed E-state index contributed by atoms with van der Waals surface area (Å²) in [7, 11) is 0. The summed E-state index contributed by atoms with van der Waals surface area (Å²) < 4.78 is 18.4. The van der Waals surface area contributed by atoms with Crippen LogP contribution in [0, 0.1) is 5.82 Å². The van der Waals surface area contributed by atoms with Crippen LogP contribution in [0.4, 0.5) is 10.1 Å². The third kappa shape index (κ3) is 2.40. The van der Waals surface area contributed by atoms with Crippen molar-refractivity contribution in [2.45, 2.75) is 12.1 Å². The number of ether oxygens (including phenoxy) is 1. The molecule has 0 saturated carbocycles. The van der Waals surface area contributed by atoms with Gasteiger partial charge in [-0.05, 0) is 18.2 Å². The molecule has 1 aliphatic rings. The maximum absolute atomic E-state index is 13.4. The highest BCUT2D eigenvalue weighted by atomic mass is 35.5. The van der Waals surface area contributed by atoms with E-state index in [1.807, 2.05) is 0 Å². The minimum atomic E-state index is -0.597. The van der Waals surface area contributed by atoms with Gasteiger partial charge in [-0.25, -0.2) is 4.39 Å². The molecule has 2 N–H and O–H groups in total. The van der Waals surface area contributed by atoms with Crippen molar-refractivity contribution < 1.29 is 14.2 Å². The Morgan fingerprint density at radius 2 is 2.27 bits per heavy atom. The highest BCUT2D eigenvalue weighted by Gasteiger charge is 2.26. The number of hydrogen-bond acceptors (Lipinski definition) is 3. The highest BCUT2D eigenvalue weighted by Crippen LogP contribution is 2.21. The first-order valence-electron chi connectivity index (χ1n) is 4.64. The molecule has 15 heavy (non-hydrogen) atoms. The van der Waals surface area contributed by atoms with E-state index in [0.717, 1.165) is 0 Å². The molecule has 1 saturated heterocycles. The van der Waals surface area contributed by atoms with Crippen LogP contribution in [-0.4, -0.2) is 30.5 Å². The Kier molecular flexibility index (Phi) is 3.09. The van der Waals surface area contributed by atoms with E-state index < -0.39 is 11.9 Å². The number of rotatable bonds is 2. The van der Waals surface area contributed by atoms with Gasteiger partial charge in [0, 0.05) is 5.02 Å². The van der Waals surface area contributed by atoms with Crippen molar-refractivity contribution in [3.63, 3.8) is 0 Å². The smallest absolute Gasteiger partial charge is 0.147 e. The van der Waals surface area contributed by atoms with Crippen LogP contribution < -0.4 is 5.32 Å². The normalized spacial score (nSPS) is 25.5. The lowest BCUT2D eigenvalue weighted by Gasteiger charge is -2.16. The molecule has 0 amide bonds. The van der Waals surface area contributed by atoms with Gasteiger partial charge in [0.15, 0.2) is 0 Å². The molecule has 3 nitrogen and oxygen atoms in total. The second-order valence-electron chi connectivity index (χ2n) is 3.48. The van der Waals surface area contributed by atoms with Crippen LogP contribution in [-0.2, 0) is 4.74 Å². The van der Waals surface area contributed by atoms with Crippen LogP contribution in [0.25, 0.3) is 0 Å². The monoisotopic (exact) mass is 231 g/mol. The lowest BCUT2D eigenvalue weighted by atomic mass is 10.2. The van der Waals surface area contributed by atoms with Gasteiger partial charge in [0.1, 0.15) is 5.82 Å². The van der Waals surface area contributed by atoms with Crippen LogP contribution in [0.15, 0.2) is 18.2 Å². The second kappa shape index (κ2) is 4.35. The highest BCUT2D eigenvalue weighted by molar-refractivity contribution is 6.30. The molecule has 1 aromatic rings. The molecule has 1 fully saturated rings. The molecule has 0 radical (unpaired) electrons. The molecule has 2 rings (SSSR count). The fourth-order valence-electron chi connectivity index (χ4n) is 1.49. The van der Waals surface area contributed by atoms with E-state index in [4.69, 9.17) is 16.3 Å². The summed E-state index contributed by atoms with van der Waals surface area (Å²) in [5.74, 6) is -0.429. The van der Waals surface area contributed by atoms with Crippen LogP contribution in [0.5, 0.6) is 0 Å². The van der Waals surface area contributed by atoms with Crippen molar-refractivity contribution in [1.29, 1.82) is 0 Å². The quantitative estimate of drug-likeness (QED) is 0.813. The summed E-state index contributed by atoms with van der Waals surface area (Å²) in [6.07, 6.45) is -0.597. The number of aliphatic hydroxyl groups excluding tert-OH is 1. The Balaban J connectivity index is 2.10. The molecule has 1 aliphatic heterocycles. The number of benzene rings is 1. The number of halogens is 2. The molecule has 2 unspecified atom stereocenters. The Morgan fingerprint density at radius 1 is 1.47 bits per heavy atom. The van der Waals surface area contributed by atoms with Gasteiger partial charge in [-0.15, -0.1) is 0 Å². The molecular weight excluding hydrogens is 221 g/mol. The fraction of sp³-hybridized carbons (Fsp3) is 0.400. The largest absolute Gasteiger partial charge is 0.388 e. The maximum atomic E-state index is 13.4. The lowest BCUT2D eigenvalue weighted by Crippen LogP contribution is -2.32. The van der Waals surface area contributed by atoms with Crippen molar-refractivity contribution in [1.82, 2.24) is 0 Å². The molecule has 2 atom stereocenters. The molecule has 1 heterocycles.